The van der Waals surface area contributed by atoms with Crippen LogP contribution in [0.1, 0.15) is 25.7 Å². The van der Waals surface area contributed by atoms with E-state index in [0.29, 0.717) is 0 Å². The lowest BCUT2D eigenvalue weighted by Crippen LogP contribution is -2.12. The molecule has 0 aliphatic heterocycles. The van der Waals surface area contributed by atoms with Crippen molar-refractivity contribution in [2.45, 2.75) is 36.1 Å². The Balaban J connectivity index is 1.68. The maximum Gasteiger partial charge on any atom is 0.208 e. The van der Waals surface area contributed by atoms with Crippen LogP contribution in [-0.4, -0.2) is 20.4 Å². The monoisotopic (exact) mass is 195 g/mol. The molecule has 0 radical (unpaired) electrons. The maximum absolute atomic E-state index is 4.16. The van der Waals surface area contributed by atoms with Gasteiger partial charge >= 0.3 is 0 Å². The lowest BCUT2D eigenvalue weighted by molar-refractivity contribution is 0.491. The molecule has 0 amide bonds. The molecule has 2 aliphatic carbocycles. The first kappa shape index (κ1) is 7.85. The normalized spacial score (nSPS) is 37.1. The number of nitrogens with zero attached hydrogens (tertiary/aromatic N) is 2. The van der Waals surface area contributed by atoms with Gasteiger partial charge in [-0.2, -0.15) is 0 Å². The van der Waals surface area contributed by atoms with Crippen LogP contribution in [0.4, 0.5) is 0 Å². The topological polar surface area (TPSA) is 41.6 Å². The lowest BCUT2D eigenvalue weighted by Gasteiger charge is -2.18. The van der Waals surface area contributed by atoms with E-state index in [1.165, 1.54) is 25.7 Å². The van der Waals surface area contributed by atoms with Crippen LogP contribution in [0.5, 0.6) is 0 Å². The molecule has 0 saturated heterocycles. The number of H-pyrrole nitrogens is 1. The van der Waals surface area contributed by atoms with Crippen molar-refractivity contribution in [3.8, 4) is 0 Å². The second-order valence-corrected chi connectivity index (χ2v) is 5.32. The average Bonchev–Trinajstić information content (AvgIpc) is 2.77. The smallest absolute Gasteiger partial charge is 0.208 e. The van der Waals surface area contributed by atoms with Gasteiger partial charge in [0.25, 0.3) is 0 Å². The second kappa shape index (κ2) is 3.01. The molecule has 13 heavy (non-hydrogen) atoms. The van der Waals surface area contributed by atoms with Gasteiger partial charge in [-0.05, 0) is 31.1 Å². The third-order valence-electron chi connectivity index (χ3n) is 3.32. The fourth-order valence-electron chi connectivity index (χ4n) is 2.72. The summed E-state index contributed by atoms with van der Waals surface area (Å²) in [5.41, 5.74) is 0. The van der Waals surface area contributed by atoms with Crippen LogP contribution in [-0.2, 0) is 0 Å². The predicted molar refractivity (Wildman–Crippen MR) is 51.5 cm³/mol. The number of rotatable bonds is 2. The summed E-state index contributed by atoms with van der Waals surface area (Å²) in [5, 5.41) is 8.58. The fraction of sp³-hybridized carbons (Fsp3) is 0.778. The highest BCUT2D eigenvalue weighted by molar-refractivity contribution is 7.99. The molecular weight excluding hydrogens is 182 g/mol. The van der Waals surface area contributed by atoms with Crippen LogP contribution in [0.15, 0.2) is 11.5 Å². The van der Waals surface area contributed by atoms with E-state index in [2.05, 4.69) is 15.2 Å². The second-order valence-electron chi connectivity index (χ2n) is 4.11. The Labute approximate surface area is 81.7 Å². The van der Waals surface area contributed by atoms with Crippen LogP contribution in [0, 0.1) is 11.8 Å². The molecule has 1 aromatic rings. The highest BCUT2D eigenvalue weighted by atomic mass is 32.2. The summed E-state index contributed by atoms with van der Waals surface area (Å²) in [5.74, 6) is 1.97. The summed E-state index contributed by atoms with van der Waals surface area (Å²) < 4.78 is 0. The Hall–Kier alpha value is -0.510. The Morgan fingerprint density at radius 3 is 3.00 bits per heavy atom. The van der Waals surface area contributed by atoms with Gasteiger partial charge in [0, 0.05) is 5.25 Å². The quantitative estimate of drug-likeness (QED) is 0.785. The third-order valence-corrected chi connectivity index (χ3v) is 4.61. The molecule has 3 unspecified atom stereocenters. The Morgan fingerprint density at radius 1 is 1.38 bits per heavy atom. The summed E-state index contributed by atoms with van der Waals surface area (Å²) in [4.78, 5) is 4.16. The minimum atomic E-state index is 0.801. The standard InChI is InChI=1S/C9H13N3S/c1-2-7-3-6(1)4-8(7)13-9-10-5-11-12-9/h5-8H,1-4H2,(H,10,11,12). The zero-order valence-electron chi connectivity index (χ0n) is 7.44. The molecule has 1 heterocycles. The van der Waals surface area contributed by atoms with Crippen molar-refractivity contribution >= 4 is 11.8 Å². The van der Waals surface area contributed by atoms with Gasteiger partial charge in [0.15, 0.2) is 0 Å². The molecule has 2 saturated carbocycles. The molecule has 70 valence electrons. The van der Waals surface area contributed by atoms with Gasteiger partial charge in [0.2, 0.25) is 5.16 Å². The minimum absolute atomic E-state index is 0.801. The molecule has 0 aromatic carbocycles. The lowest BCUT2D eigenvalue weighted by atomic mass is 10.0. The van der Waals surface area contributed by atoms with Gasteiger partial charge in [0.05, 0.1) is 0 Å². The van der Waals surface area contributed by atoms with Crippen molar-refractivity contribution in [2.24, 2.45) is 11.8 Å². The number of aromatic nitrogens is 3. The minimum Gasteiger partial charge on any atom is -0.265 e. The summed E-state index contributed by atoms with van der Waals surface area (Å²) in [6, 6.07) is 0. The van der Waals surface area contributed by atoms with Crippen molar-refractivity contribution in [1.82, 2.24) is 15.2 Å². The van der Waals surface area contributed by atoms with E-state index < -0.39 is 0 Å². The average molecular weight is 195 g/mol. The van der Waals surface area contributed by atoms with E-state index in [9.17, 15) is 0 Å². The van der Waals surface area contributed by atoms with Crippen molar-refractivity contribution < 1.29 is 0 Å². The highest BCUT2D eigenvalue weighted by Crippen LogP contribution is 2.50. The first-order valence-electron chi connectivity index (χ1n) is 4.94. The van der Waals surface area contributed by atoms with E-state index in [1.807, 2.05) is 11.8 Å². The van der Waals surface area contributed by atoms with Crippen LogP contribution >= 0.6 is 11.8 Å². The SMILES string of the molecule is c1nc(SC2CC3CCC2C3)n[nH]1. The predicted octanol–water partition coefficient (Wildman–Crippen LogP) is 2.09. The Morgan fingerprint density at radius 2 is 2.38 bits per heavy atom. The van der Waals surface area contributed by atoms with Crippen LogP contribution in [0.25, 0.3) is 0 Å². The van der Waals surface area contributed by atoms with E-state index in [0.717, 1.165) is 22.2 Å². The molecule has 2 fully saturated rings. The van der Waals surface area contributed by atoms with E-state index >= 15 is 0 Å². The molecule has 1 N–H and O–H groups in total. The number of fused-ring (bicyclic) bond motifs is 2. The number of hydrogen-bond acceptors (Lipinski definition) is 3. The van der Waals surface area contributed by atoms with E-state index in [-0.39, 0.29) is 0 Å². The van der Waals surface area contributed by atoms with Gasteiger partial charge in [-0.3, -0.25) is 5.10 Å². The molecular formula is C9H13N3S. The highest BCUT2D eigenvalue weighted by Gasteiger charge is 2.40. The summed E-state index contributed by atoms with van der Waals surface area (Å²) in [6.07, 6.45) is 7.42. The number of hydrogen-bond donors (Lipinski definition) is 1. The van der Waals surface area contributed by atoms with E-state index in [1.54, 1.807) is 6.33 Å². The number of thioether (sulfide) groups is 1. The third kappa shape index (κ3) is 1.37. The van der Waals surface area contributed by atoms with Gasteiger partial charge in [-0.1, -0.05) is 18.2 Å². The molecule has 3 nitrogen and oxygen atoms in total. The molecule has 2 bridgehead atoms. The summed E-state index contributed by atoms with van der Waals surface area (Å²) >= 11 is 1.87. The molecule has 3 rings (SSSR count). The van der Waals surface area contributed by atoms with Crippen molar-refractivity contribution in [3.63, 3.8) is 0 Å². The van der Waals surface area contributed by atoms with Gasteiger partial charge in [-0.25, -0.2) is 4.98 Å². The van der Waals surface area contributed by atoms with Crippen molar-refractivity contribution in [3.05, 3.63) is 6.33 Å². The fourth-order valence-corrected chi connectivity index (χ4v) is 4.02. The van der Waals surface area contributed by atoms with Crippen molar-refractivity contribution in [1.29, 1.82) is 0 Å². The van der Waals surface area contributed by atoms with Gasteiger partial charge < -0.3 is 0 Å². The Kier molecular flexibility index (Phi) is 1.82. The maximum atomic E-state index is 4.16. The van der Waals surface area contributed by atoms with Gasteiger partial charge in [-0.15, -0.1) is 5.10 Å². The number of nitrogens with one attached hydrogen (secondary N) is 1. The molecule has 0 spiro atoms. The zero-order chi connectivity index (χ0) is 8.67. The molecule has 2 aliphatic rings. The Bertz CT molecular complexity index is 285. The number of aromatic amines is 1. The summed E-state index contributed by atoms with van der Waals surface area (Å²) in [7, 11) is 0. The zero-order valence-corrected chi connectivity index (χ0v) is 8.26. The first-order valence-corrected chi connectivity index (χ1v) is 5.82. The first-order chi connectivity index (χ1) is 6.42. The molecule has 4 heteroatoms. The van der Waals surface area contributed by atoms with Crippen LogP contribution < -0.4 is 0 Å². The molecule has 1 aromatic heterocycles. The molecule has 3 atom stereocenters. The van der Waals surface area contributed by atoms with Crippen LogP contribution in [0.3, 0.4) is 0 Å². The van der Waals surface area contributed by atoms with Gasteiger partial charge in [0.1, 0.15) is 6.33 Å². The summed E-state index contributed by atoms with van der Waals surface area (Å²) in [6.45, 7) is 0. The van der Waals surface area contributed by atoms with E-state index in [4.69, 9.17) is 0 Å². The van der Waals surface area contributed by atoms with Crippen molar-refractivity contribution in [2.75, 3.05) is 0 Å². The van der Waals surface area contributed by atoms with Crippen LogP contribution in [0.2, 0.25) is 0 Å². The largest absolute Gasteiger partial charge is 0.265 e.